The Hall–Kier alpha value is -3.15. The number of aryl methyl sites for hydroxylation is 1. The molecule has 0 saturated carbocycles. The maximum Gasteiger partial charge on any atom is 0.255 e. The molecule has 1 heterocycles. The van der Waals surface area contributed by atoms with Crippen molar-refractivity contribution in [2.75, 3.05) is 11.1 Å². The highest BCUT2D eigenvalue weighted by Gasteiger charge is 2.09. The summed E-state index contributed by atoms with van der Waals surface area (Å²) in [5.41, 5.74) is 8.34. The van der Waals surface area contributed by atoms with Crippen molar-refractivity contribution in [2.24, 2.45) is 7.05 Å². The third-order valence-corrected chi connectivity index (χ3v) is 3.24. The molecule has 6 nitrogen and oxygen atoms in total. The topological polar surface area (TPSA) is 85.8 Å². The van der Waals surface area contributed by atoms with E-state index in [0.717, 1.165) is 11.4 Å². The van der Waals surface area contributed by atoms with Crippen LogP contribution in [-0.4, -0.2) is 20.7 Å². The molecule has 0 saturated heterocycles. The van der Waals surface area contributed by atoms with Crippen LogP contribution in [0, 0.1) is 0 Å². The van der Waals surface area contributed by atoms with Gasteiger partial charge in [0.25, 0.3) is 5.91 Å². The first kappa shape index (κ1) is 13.8. The van der Waals surface area contributed by atoms with Crippen molar-refractivity contribution in [2.45, 2.75) is 0 Å². The number of nitrogens with one attached hydrogen (secondary N) is 1. The van der Waals surface area contributed by atoms with Crippen LogP contribution < -0.4 is 11.1 Å². The number of rotatable bonds is 3. The summed E-state index contributed by atoms with van der Waals surface area (Å²) in [5.74, 6) is 0.530. The standard InChI is InChI=1S/C16H15N5O/c1-21-10-18-20-15(21)11-4-3-7-14(9-11)19-16(22)12-5-2-6-13(17)8-12/h2-10H,17H2,1H3,(H,19,22). The Kier molecular flexibility index (Phi) is 3.57. The smallest absolute Gasteiger partial charge is 0.255 e. The summed E-state index contributed by atoms with van der Waals surface area (Å²) in [4.78, 5) is 12.2. The summed E-state index contributed by atoms with van der Waals surface area (Å²) in [6, 6.07) is 14.3. The maximum atomic E-state index is 12.2. The van der Waals surface area contributed by atoms with Gasteiger partial charge in [-0.25, -0.2) is 0 Å². The summed E-state index contributed by atoms with van der Waals surface area (Å²) in [7, 11) is 1.87. The molecular weight excluding hydrogens is 278 g/mol. The number of carbonyl (C=O) groups is 1. The van der Waals surface area contributed by atoms with Crippen molar-refractivity contribution < 1.29 is 4.79 Å². The van der Waals surface area contributed by atoms with E-state index in [9.17, 15) is 4.79 Å². The molecule has 1 amide bonds. The van der Waals surface area contributed by atoms with Crippen molar-refractivity contribution in [3.8, 4) is 11.4 Å². The third-order valence-electron chi connectivity index (χ3n) is 3.24. The maximum absolute atomic E-state index is 12.2. The molecule has 0 aliphatic rings. The Morgan fingerprint density at radius 2 is 2.00 bits per heavy atom. The molecule has 0 fully saturated rings. The number of nitrogens with zero attached hydrogens (tertiary/aromatic N) is 3. The number of hydrogen-bond donors (Lipinski definition) is 2. The molecule has 6 heteroatoms. The molecular formula is C16H15N5O. The van der Waals surface area contributed by atoms with Crippen molar-refractivity contribution in [3.05, 3.63) is 60.4 Å². The zero-order valence-corrected chi connectivity index (χ0v) is 12.0. The van der Waals surface area contributed by atoms with Gasteiger partial charge in [-0.05, 0) is 30.3 Å². The first-order valence-corrected chi connectivity index (χ1v) is 6.75. The summed E-state index contributed by atoms with van der Waals surface area (Å²) in [5, 5.41) is 10.8. The van der Waals surface area contributed by atoms with E-state index >= 15 is 0 Å². The lowest BCUT2D eigenvalue weighted by Gasteiger charge is -2.08. The van der Waals surface area contributed by atoms with Gasteiger partial charge in [0.05, 0.1) is 0 Å². The van der Waals surface area contributed by atoms with Gasteiger partial charge in [0, 0.05) is 29.5 Å². The summed E-state index contributed by atoms with van der Waals surface area (Å²) in [6.07, 6.45) is 1.63. The van der Waals surface area contributed by atoms with Crippen molar-refractivity contribution in [1.29, 1.82) is 0 Å². The van der Waals surface area contributed by atoms with Crippen molar-refractivity contribution in [1.82, 2.24) is 14.8 Å². The minimum atomic E-state index is -0.206. The number of carbonyl (C=O) groups excluding carboxylic acids is 1. The minimum absolute atomic E-state index is 0.206. The van der Waals surface area contributed by atoms with Crippen molar-refractivity contribution in [3.63, 3.8) is 0 Å². The van der Waals surface area contributed by atoms with Crippen LogP contribution in [0.2, 0.25) is 0 Å². The molecule has 22 heavy (non-hydrogen) atoms. The second-order valence-corrected chi connectivity index (χ2v) is 4.93. The van der Waals surface area contributed by atoms with E-state index in [1.54, 1.807) is 30.6 Å². The molecule has 0 aliphatic heterocycles. The fourth-order valence-electron chi connectivity index (χ4n) is 2.16. The highest BCUT2D eigenvalue weighted by Crippen LogP contribution is 2.20. The molecule has 0 bridgehead atoms. The van der Waals surface area contributed by atoms with Gasteiger partial charge in [-0.1, -0.05) is 18.2 Å². The largest absolute Gasteiger partial charge is 0.399 e. The van der Waals surface area contributed by atoms with E-state index in [1.807, 2.05) is 35.9 Å². The number of nitrogens with two attached hydrogens (primary N) is 1. The van der Waals surface area contributed by atoms with Gasteiger partial charge in [0.2, 0.25) is 0 Å². The van der Waals surface area contributed by atoms with E-state index in [4.69, 9.17) is 5.73 Å². The third kappa shape index (κ3) is 2.80. The molecule has 110 valence electrons. The quantitative estimate of drug-likeness (QED) is 0.726. The highest BCUT2D eigenvalue weighted by atomic mass is 16.1. The summed E-state index contributed by atoms with van der Waals surface area (Å²) in [6.45, 7) is 0. The van der Waals surface area contributed by atoms with E-state index in [-0.39, 0.29) is 5.91 Å². The molecule has 2 aromatic carbocycles. The predicted octanol–water partition coefficient (Wildman–Crippen LogP) is 2.32. The molecule has 0 radical (unpaired) electrons. The molecule has 3 N–H and O–H groups in total. The number of amides is 1. The average molecular weight is 293 g/mol. The fraction of sp³-hybridized carbons (Fsp3) is 0.0625. The first-order valence-electron chi connectivity index (χ1n) is 6.75. The Morgan fingerprint density at radius 3 is 2.73 bits per heavy atom. The monoisotopic (exact) mass is 293 g/mol. The SMILES string of the molecule is Cn1cnnc1-c1cccc(NC(=O)c2cccc(N)c2)c1. The van der Waals surface area contributed by atoms with Crippen LogP contribution in [-0.2, 0) is 7.05 Å². The van der Waals surface area contributed by atoms with Crippen LogP contribution in [0.1, 0.15) is 10.4 Å². The number of hydrogen-bond acceptors (Lipinski definition) is 4. The second-order valence-electron chi connectivity index (χ2n) is 4.93. The zero-order valence-electron chi connectivity index (χ0n) is 12.0. The molecule has 0 aliphatic carbocycles. The molecule has 0 spiro atoms. The number of anilines is 2. The second kappa shape index (κ2) is 5.69. The Bertz CT molecular complexity index is 825. The van der Waals surface area contributed by atoms with Gasteiger partial charge >= 0.3 is 0 Å². The predicted molar refractivity (Wildman–Crippen MR) is 85.2 cm³/mol. The van der Waals surface area contributed by atoms with E-state index in [0.29, 0.717) is 16.9 Å². The van der Waals surface area contributed by atoms with E-state index in [1.165, 1.54) is 0 Å². The Balaban J connectivity index is 1.84. The van der Waals surface area contributed by atoms with Gasteiger partial charge in [0.15, 0.2) is 5.82 Å². The number of aromatic nitrogens is 3. The zero-order chi connectivity index (χ0) is 15.5. The highest BCUT2D eigenvalue weighted by molar-refractivity contribution is 6.04. The Labute approximate surface area is 127 Å². The van der Waals surface area contributed by atoms with Gasteiger partial charge in [-0.15, -0.1) is 10.2 Å². The lowest BCUT2D eigenvalue weighted by Crippen LogP contribution is -2.12. The number of nitrogen functional groups attached to an aromatic ring is 1. The van der Waals surface area contributed by atoms with Gasteiger partial charge in [0.1, 0.15) is 6.33 Å². The molecule has 0 atom stereocenters. The van der Waals surface area contributed by atoms with Crippen LogP contribution in [0.3, 0.4) is 0 Å². The van der Waals surface area contributed by atoms with E-state index < -0.39 is 0 Å². The molecule has 3 aromatic rings. The van der Waals surface area contributed by atoms with Gasteiger partial charge in [-0.2, -0.15) is 0 Å². The fourth-order valence-corrected chi connectivity index (χ4v) is 2.16. The number of benzene rings is 2. The molecule has 0 unspecified atom stereocenters. The van der Waals surface area contributed by atoms with Gasteiger partial charge in [-0.3, -0.25) is 4.79 Å². The van der Waals surface area contributed by atoms with Crippen molar-refractivity contribution >= 4 is 17.3 Å². The van der Waals surface area contributed by atoms with Gasteiger partial charge < -0.3 is 15.6 Å². The first-order chi connectivity index (χ1) is 10.6. The van der Waals surface area contributed by atoms with Crippen LogP contribution in [0.5, 0.6) is 0 Å². The van der Waals surface area contributed by atoms with Crippen LogP contribution in [0.15, 0.2) is 54.9 Å². The minimum Gasteiger partial charge on any atom is -0.399 e. The van der Waals surface area contributed by atoms with Crippen LogP contribution in [0.4, 0.5) is 11.4 Å². The summed E-state index contributed by atoms with van der Waals surface area (Å²) < 4.78 is 1.82. The van der Waals surface area contributed by atoms with Crippen LogP contribution in [0.25, 0.3) is 11.4 Å². The van der Waals surface area contributed by atoms with Crippen LogP contribution >= 0.6 is 0 Å². The molecule has 3 rings (SSSR count). The normalized spacial score (nSPS) is 10.4. The summed E-state index contributed by atoms with van der Waals surface area (Å²) >= 11 is 0. The van der Waals surface area contributed by atoms with E-state index in [2.05, 4.69) is 15.5 Å². The lowest BCUT2D eigenvalue weighted by molar-refractivity contribution is 0.102. The Morgan fingerprint density at radius 1 is 1.18 bits per heavy atom. The molecule has 1 aromatic heterocycles. The lowest BCUT2D eigenvalue weighted by atomic mass is 10.1. The average Bonchev–Trinajstić information content (AvgIpc) is 2.94.